The number of hydrogen-bond donors (Lipinski definition) is 1. The monoisotopic (exact) mass is 276 g/mol. The van der Waals surface area contributed by atoms with Crippen molar-refractivity contribution in [3.8, 4) is 5.75 Å². The highest BCUT2D eigenvalue weighted by molar-refractivity contribution is 6.30. The van der Waals surface area contributed by atoms with Gasteiger partial charge in [0.15, 0.2) is 0 Å². The second kappa shape index (κ2) is 7.17. The summed E-state index contributed by atoms with van der Waals surface area (Å²) in [6.45, 7) is 0.585. The summed E-state index contributed by atoms with van der Waals surface area (Å²) in [7, 11) is 0. The SMILES string of the molecule is OCC(COc1cccc(Cl)c1)Cc1ccccc1. The van der Waals surface area contributed by atoms with Crippen molar-refractivity contribution in [3.05, 3.63) is 65.2 Å². The third-order valence-electron chi connectivity index (χ3n) is 2.91. The van der Waals surface area contributed by atoms with E-state index in [-0.39, 0.29) is 12.5 Å². The number of hydrogen-bond acceptors (Lipinski definition) is 2. The minimum atomic E-state index is 0.0846. The van der Waals surface area contributed by atoms with Gasteiger partial charge in [0.05, 0.1) is 6.61 Å². The zero-order valence-electron chi connectivity index (χ0n) is 10.6. The molecule has 3 heteroatoms. The Labute approximate surface area is 118 Å². The van der Waals surface area contributed by atoms with Crippen LogP contribution in [0, 0.1) is 5.92 Å². The number of halogens is 1. The number of benzene rings is 2. The van der Waals surface area contributed by atoms with Crippen LogP contribution in [0.25, 0.3) is 0 Å². The van der Waals surface area contributed by atoms with Gasteiger partial charge in [-0.2, -0.15) is 0 Å². The van der Waals surface area contributed by atoms with Crippen LogP contribution in [0.2, 0.25) is 5.02 Å². The normalized spacial score (nSPS) is 12.1. The Morgan fingerprint density at radius 2 is 1.84 bits per heavy atom. The van der Waals surface area contributed by atoms with Crippen LogP contribution in [0.4, 0.5) is 0 Å². The lowest BCUT2D eigenvalue weighted by Gasteiger charge is -2.15. The second-order valence-corrected chi connectivity index (χ2v) is 4.94. The van der Waals surface area contributed by atoms with E-state index in [9.17, 15) is 5.11 Å². The predicted octanol–water partition coefficient (Wildman–Crippen LogP) is 3.57. The number of ether oxygens (including phenoxy) is 1. The number of aliphatic hydroxyl groups excluding tert-OH is 1. The van der Waals surface area contributed by atoms with Crippen molar-refractivity contribution in [2.75, 3.05) is 13.2 Å². The first kappa shape index (κ1) is 13.9. The minimum Gasteiger partial charge on any atom is -0.493 e. The maximum absolute atomic E-state index is 9.41. The summed E-state index contributed by atoms with van der Waals surface area (Å²) in [5.41, 5.74) is 1.20. The summed E-state index contributed by atoms with van der Waals surface area (Å²) in [4.78, 5) is 0. The van der Waals surface area contributed by atoms with Gasteiger partial charge in [0.2, 0.25) is 0 Å². The van der Waals surface area contributed by atoms with Crippen molar-refractivity contribution in [3.63, 3.8) is 0 Å². The van der Waals surface area contributed by atoms with E-state index >= 15 is 0 Å². The fourth-order valence-electron chi connectivity index (χ4n) is 1.89. The minimum absolute atomic E-state index is 0.0846. The molecule has 2 aromatic rings. The van der Waals surface area contributed by atoms with Crippen LogP contribution in [0.5, 0.6) is 5.75 Å². The van der Waals surface area contributed by atoms with Crippen LogP contribution in [0.1, 0.15) is 5.56 Å². The molecule has 1 unspecified atom stereocenters. The van der Waals surface area contributed by atoms with Crippen molar-refractivity contribution in [2.45, 2.75) is 6.42 Å². The van der Waals surface area contributed by atoms with Crippen LogP contribution < -0.4 is 4.74 Å². The largest absolute Gasteiger partial charge is 0.493 e. The number of rotatable bonds is 6. The fraction of sp³-hybridized carbons (Fsp3) is 0.250. The molecule has 0 radical (unpaired) electrons. The van der Waals surface area contributed by atoms with E-state index in [4.69, 9.17) is 16.3 Å². The molecular formula is C16H17ClO2. The molecular weight excluding hydrogens is 260 g/mol. The Bertz CT molecular complexity index is 499. The second-order valence-electron chi connectivity index (χ2n) is 4.51. The van der Waals surface area contributed by atoms with E-state index < -0.39 is 0 Å². The maximum Gasteiger partial charge on any atom is 0.120 e. The zero-order chi connectivity index (χ0) is 13.5. The maximum atomic E-state index is 9.41. The Morgan fingerprint density at radius 1 is 1.05 bits per heavy atom. The highest BCUT2D eigenvalue weighted by Crippen LogP contribution is 2.18. The molecule has 1 atom stereocenters. The molecule has 1 N–H and O–H groups in total. The van der Waals surface area contributed by atoms with Crippen molar-refractivity contribution in [1.82, 2.24) is 0 Å². The van der Waals surface area contributed by atoms with E-state index in [1.54, 1.807) is 6.07 Å². The summed E-state index contributed by atoms with van der Waals surface area (Å²) in [6, 6.07) is 17.4. The van der Waals surface area contributed by atoms with Crippen molar-refractivity contribution in [1.29, 1.82) is 0 Å². The lowest BCUT2D eigenvalue weighted by atomic mass is 10.0. The summed E-state index contributed by atoms with van der Waals surface area (Å²) in [5.74, 6) is 0.820. The van der Waals surface area contributed by atoms with Gasteiger partial charge >= 0.3 is 0 Å². The van der Waals surface area contributed by atoms with Crippen LogP contribution in [-0.4, -0.2) is 18.3 Å². The Morgan fingerprint density at radius 3 is 2.53 bits per heavy atom. The lowest BCUT2D eigenvalue weighted by Crippen LogP contribution is -2.18. The van der Waals surface area contributed by atoms with Crippen molar-refractivity contribution < 1.29 is 9.84 Å². The third kappa shape index (κ3) is 4.58. The molecule has 19 heavy (non-hydrogen) atoms. The van der Waals surface area contributed by atoms with Crippen LogP contribution in [0.3, 0.4) is 0 Å². The molecule has 2 aromatic carbocycles. The van der Waals surface area contributed by atoms with E-state index in [0.29, 0.717) is 11.6 Å². The standard InChI is InChI=1S/C16H17ClO2/c17-15-7-4-8-16(10-15)19-12-14(11-18)9-13-5-2-1-3-6-13/h1-8,10,14,18H,9,11-12H2. The molecule has 0 spiro atoms. The van der Waals surface area contributed by atoms with Crippen molar-refractivity contribution >= 4 is 11.6 Å². The Hall–Kier alpha value is -1.51. The van der Waals surface area contributed by atoms with Crippen LogP contribution in [0.15, 0.2) is 54.6 Å². The molecule has 0 amide bonds. The highest BCUT2D eigenvalue weighted by atomic mass is 35.5. The van der Waals surface area contributed by atoms with Gasteiger partial charge in [0, 0.05) is 17.5 Å². The number of aliphatic hydroxyl groups is 1. The molecule has 0 saturated heterocycles. The van der Waals surface area contributed by atoms with Gasteiger partial charge in [0.1, 0.15) is 5.75 Å². The molecule has 2 nitrogen and oxygen atoms in total. The summed E-state index contributed by atoms with van der Waals surface area (Å²) < 4.78 is 5.67. The summed E-state index contributed by atoms with van der Waals surface area (Å²) in [5, 5.41) is 10.1. The Kier molecular flexibility index (Phi) is 5.25. The van der Waals surface area contributed by atoms with Gasteiger partial charge < -0.3 is 9.84 Å². The van der Waals surface area contributed by atoms with Crippen LogP contribution in [-0.2, 0) is 6.42 Å². The van der Waals surface area contributed by atoms with Gasteiger partial charge in [-0.05, 0) is 30.2 Å². The van der Waals surface area contributed by atoms with Gasteiger partial charge in [-0.3, -0.25) is 0 Å². The third-order valence-corrected chi connectivity index (χ3v) is 3.14. The molecule has 0 saturated carbocycles. The average Bonchev–Trinajstić information content (AvgIpc) is 2.44. The van der Waals surface area contributed by atoms with E-state index in [2.05, 4.69) is 12.1 Å². The predicted molar refractivity (Wildman–Crippen MR) is 77.7 cm³/mol. The topological polar surface area (TPSA) is 29.5 Å². The molecule has 0 aromatic heterocycles. The van der Waals surface area contributed by atoms with Gasteiger partial charge in [0.25, 0.3) is 0 Å². The summed E-state index contributed by atoms with van der Waals surface area (Å²) >= 11 is 5.89. The van der Waals surface area contributed by atoms with E-state index in [0.717, 1.165) is 12.2 Å². The molecule has 0 aliphatic carbocycles. The van der Waals surface area contributed by atoms with E-state index in [1.807, 2.05) is 36.4 Å². The fourth-order valence-corrected chi connectivity index (χ4v) is 2.07. The molecule has 0 bridgehead atoms. The lowest BCUT2D eigenvalue weighted by molar-refractivity contribution is 0.162. The first-order valence-corrected chi connectivity index (χ1v) is 6.69. The smallest absolute Gasteiger partial charge is 0.120 e. The molecule has 0 aliphatic rings. The van der Waals surface area contributed by atoms with Gasteiger partial charge in [-0.15, -0.1) is 0 Å². The molecule has 100 valence electrons. The summed E-state index contributed by atoms with van der Waals surface area (Å²) in [6.07, 6.45) is 0.803. The first-order chi connectivity index (χ1) is 9.28. The quantitative estimate of drug-likeness (QED) is 0.874. The highest BCUT2D eigenvalue weighted by Gasteiger charge is 2.09. The molecule has 0 aliphatic heterocycles. The van der Waals surface area contributed by atoms with Gasteiger partial charge in [-0.1, -0.05) is 48.0 Å². The van der Waals surface area contributed by atoms with Gasteiger partial charge in [-0.25, -0.2) is 0 Å². The molecule has 0 heterocycles. The average molecular weight is 277 g/mol. The first-order valence-electron chi connectivity index (χ1n) is 6.31. The Balaban J connectivity index is 1.89. The molecule has 0 fully saturated rings. The van der Waals surface area contributed by atoms with Crippen LogP contribution >= 0.6 is 11.6 Å². The zero-order valence-corrected chi connectivity index (χ0v) is 11.4. The molecule has 2 rings (SSSR count). The van der Waals surface area contributed by atoms with E-state index in [1.165, 1.54) is 5.56 Å². The van der Waals surface area contributed by atoms with Crippen molar-refractivity contribution in [2.24, 2.45) is 5.92 Å².